The quantitative estimate of drug-likeness (QED) is 0.820. The van der Waals surface area contributed by atoms with Gasteiger partial charge in [-0.05, 0) is 26.0 Å². The van der Waals surface area contributed by atoms with Crippen molar-refractivity contribution in [1.29, 1.82) is 0 Å². The number of fused-ring (bicyclic) bond motifs is 1. The highest BCUT2D eigenvalue weighted by Crippen LogP contribution is 2.09. The molecule has 0 spiro atoms. The van der Waals surface area contributed by atoms with Crippen molar-refractivity contribution in [1.82, 2.24) is 14.6 Å². The first kappa shape index (κ1) is 9.92. The van der Waals surface area contributed by atoms with E-state index < -0.39 is 0 Å². The van der Waals surface area contributed by atoms with Crippen LogP contribution in [0.4, 0.5) is 5.69 Å². The van der Waals surface area contributed by atoms with E-state index in [0.29, 0.717) is 12.3 Å². The summed E-state index contributed by atoms with van der Waals surface area (Å²) >= 11 is 0. The Morgan fingerprint density at radius 3 is 2.93 bits per heavy atom. The van der Waals surface area contributed by atoms with E-state index in [0.717, 1.165) is 11.5 Å². The third-order valence-corrected chi connectivity index (χ3v) is 2.04. The van der Waals surface area contributed by atoms with Crippen LogP contribution in [0.5, 0.6) is 0 Å². The summed E-state index contributed by atoms with van der Waals surface area (Å²) in [5, 5.41) is 8.06. The number of anilines is 1. The largest absolute Gasteiger partial charge is 0.398 e. The van der Waals surface area contributed by atoms with E-state index in [1.165, 1.54) is 0 Å². The maximum absolute atomic E-state index is 5.69. The van der Waals surface area contributed by atoms with Crippen LogP contribution in [0.25, 0.3) is 5.65 Å². The second-order valence-corrected chi connectivity index (χ2v) is 3.67. The number of pyridine rings is 1. The van der Waals surface area contributed by atoms with Gasteiger partial charge in [0, 0.05) is 11.9 Å². The van der Waals surface area contributed by atoms with Crippen LogP contribution in [-0.2, 0) is 11.3 Å². The van der Waals surface area contributed by atoms with Crippen LogP contribution in [0, 0.1) is 0 Å². The summed E-state index contributed by atoms with van der Waals surface area (Å²) in [7, 11) is 0. The van der Waals surface area contributed by atoms with Gasteiger partial charge in [-0.3, -0.25) is 4.40 Å². The minimum absolute atomic E-state index is 0.179. The van der Waals surface area contributed by atoms with Crippen LogP contribution in [0.3, 0.4) is 0 Å². The van der Waals surface area contributed by atoms with Crippen molar-refractivity contribution in [2.75, 3.05) is 5.73 Å². The summed E-state index contributed by atoms with van der Waals surface area (Å²) in [5.74, 6) is 0.769. The average Bonchev–Trinajstić information content (AvgIpc) is 2.57. The Kier molecular flexibility index (Phi) is 2.55. The Hall–Kier alpha value is -1.62. The number of nitrogens with two attached hydrogens (primary N) is 1. The van der Waals surface area contributed by atoms with Crippen molar-refractivity contribution in [2.45, 2.75) is 26.6 Å². The monoisotopic (exact) mass is 206 g/mol. The maximum Gasteiger partial charge on any atom is 0.163 e. The Bertz CT molecular complexity index is 463. The van der Waals surface area contributed by atoms with Crippen LogP contribution in [0.2, 0.25) is 0 Å². The van der Waals surface area contributed by atoms with E-state index in [4.69, 9.17) is 10.5 Å². The minimum Gasteiger partial charge on any atom is -0.398 e. The van der Waals surface area contributed by atoms with Gasteiger partial charge < -0.3 is 10.5 Å². The third-order valence-electron chi connectivity index (χ3n) is 2.04. The van der Waals surface area contributed by atoms with E-state index in [-0.39, 0.29) is 6.10 Å². The molecule has 0 aromatic carbocycles. The molecule has 2 aromatic heterocycles. The fourth-order valence-corrected chi connectivity index (χ4v) is 1.29. The first-order chi connectivity index (χ1) is 7.16. The molecule has 0 unspecified atom stereocenters. The summed E-state index contributed by atoms with van der Waals surface area (Å²) < 4.78 is 7.31. The zero-order valence-corrected chi connectivity index (χ0v) is 8.84. The second kappa shape index (κ2) is 3.86. The van der Waals surface area contributed by atoms with Gasteiger partial charge in [-0.2, -0.15) is 0 Å². The summed E-state index contributed by atoms with van der Waals surface area (Å²) in [4.78, 5) is 0. The molecule has 0 aliphatic carbocycles. The van der Waals surface area contributed by atoms with Crippen molar-refractivity contribution in [3.05, 3.63) is 24.2 Å². The van der Waals surface area contributed by atoms with Crippen molar-refractivity contribution in [2.24, 2.45) is 0 Å². The molecule has 0 bridgehead atoms. The summed E-state index contributed by atoms with van der Waals surface area (Å²) in [6.07, 6.45) is 1.98. The lowest BCUT2D eigenvalue weighted by molar-refractivity contribution is 0.0608. The average molecular weight is 206 g/mol. The summed E-state index contributed by atoms with van der Waals surface area (Å²) in [6, 6.07) is 3.64. The standard InChI is InChI=1S/C10H14N4O/c1-7(2)15-6-10-13-12-9-4-3-8(11)5-14(9)10/h3-5,7H,6,11H2,1-2H3. The molecular weight excluding hydrogens is 192 g/mol. The Morgan fingerprint density at radius 2 is 2.20 bits per heavy atom. The van der Waals surface area contributed by atoms with Gasteiger partial charge in [0.15, 0.2) is 11.5 Å². The molecule has 2 aromatic rings. The Labute approximate surface area is 87.9 Å². The molecule has 0 aliphatic heterocycles. The maximum atomic E-state index is 5.69. The van der Waals surface area contributed by atoms with Crippen LogP contribution < -0.4 is 5.73 Å². The molecule has 15 heavy (non-hydrogen) atoms. The number of nitrogens with zero attached hydrogens (tertiary/aromatic N) is 3. The number of hydrogen-bond donors (Lipinski definition) is 1. The number of aromatic nitrogens is 3. The zero-order chi connectivity index (χ0) is 10.8. The van der Waals surface area contributed by atoms with Crippen LogP contribution in [0.1, 0.15) is 19.7 Å². The summed E-state index contributed by atoms with van der Waals surface area (Å²) in [5.41, 5.74) is 7.16. The molecule has 2 rings (SSSR count). The normalized spacial score (nSPS) is 11.4. The van der Waals surface area contributed by atoms with E-state index in [1.807, 2.05) is 24.3 Å². The Morgan fingerprint density at radius 1 is 1.40 bits per heavy atom. The molecule has 0 radical (unpaired) electrons. The molecule has 0 amide bonds. The predicted octanol–water partition coefficient (Wildman–Crippen LogP) is 1.24. The Balaban J connectivity index is 2.31. The van der Waals surface area contributed by atoms with Crippen molar-refractivity contribution >= 4 is 11.3 Å². The number of rotatable bonds is 3. The number of nitrogen functional groups attached to an aromatic ring is 1. The lowest BCUT2D eigenvalue weighted by Crippen LogP contribution is -2.05. The lowest BCUT2D eigenvalue weighted by atomic mass is 10.4. The molecule has 0 saturated heterocycles. The third kappa shape index (κ3) is 2.07. The van der Waals surface area contributed by atoms with Gasteiger partial charge in [0.25, 0.3) is 0 Å². The van der Waals surface area contributed by atoms with E-state index in [9.17, 15) is 0 Å². The zero-order valence-electron chi connectivity index (χ0n) is 8.84. The topological polar surface area (TPSA) is 65.4 Å². The first-order valence-electron chi connectivity index (χ1n) is 4.87. The van der Waals surface area contributed by atoms with E-state index in [2.05, 4.69) is 10.2 Å². The molecule has 5 nitrogen and oxygen atoms in total. The van der Waals surface area contributed by atoms with Gasteiger partial charge in [-0.1, -0.05) is 0 Å². The SMILES string of the molecule is CC(C)OCc1nnc2ccc(N)cn12. The molecule has 2 N–H and O–H groups in total. The summed E-state index contributed by atoms with van der Waals surface area (Å²) in [6.45, 7) is 4.41. The highest BCUT2D eigenvalue weighted by Gasteiger charge is 2.06. The number of hydrogen-bond acceptors (Lipinski definition) is 4. The second-order valence-electron chi connectivity index (χ2n) is 3.67. The van der Waals surface area contributed by atoms with Crippen molar-refractivity contribution < 1.29 is 4.74 Å². The van der Waals surface area contributed by atoms with Gasteiger partial charge in [0.2, 0.25) is 0 Å². The highest BCUT2D eigenvalue weighted by atomic mass is 16.5. The lowest BCUT2D eigenvalue weighted by Gasteiger charge is -2.05. The van der Waals surface area contributed by atoms with E-state index in [1.54, 1.807) is 12.3 Å². The molecular formula is C10H14N4O. The van der Waals surface area contributed by atoms with Gasteiger partial charge in [-0.15, -0.1) is 10.2 Å². The van der Waals surface area contributed by atoms with Crippen LogP contribution in [-0.4, -0.2) is 20.7 Å². The van der Waals surface area contributed by atoms with Crippen molar-refractivity contribution in [3.63, 3.8) is 0 Å². The fraction of sp³-hybridized carbons (Fsp3) is 0.400. The smallest absolute Gasteiger partial charge is 0.163 e. The molecule has 80 valence electrons. The van der Waals surface area contributed by atoms with Gasteiger partial charge >= 0.3 is 0 Å². The van der Waals surface area contributed by atoms with Crippen molar-refractivity contribution in [3.8, 4) is 0 Å². The minimum atomic E-state index is 0.179. The van der Waals surface area contributed by atoms with E-state index >= 15 is 0 Å². The molecule has 5 heteroatoms. The highest BCUT2D eigenvalue weighted by molar-refractivity contribution is 5.46. The number of ether oxygens (including phenoxy) is 1. The molecule has 0 saturated carbocycles. The fourth-order valence-electron chi connectivity index (χ4n) is 1.29. The van der Waals surface area contributed by atoms with Gasteiger partial charge in [0.05, 0.1) is 6.10 Å². The predicted molar refractivity (Wildman–Crippen MR) is 57.3 cm³/mol. The first-order valence-corrected chi connectivity index (χ1v) is 4.87. The molecule has 0 atom stereocenters. The molecule has 0 fully saturated rings. The van der Waals surface area contributed by atoms with Gasteiger partial charge in [-0.25, -0.2) is 0 Å². The van der Waals surface area contributed by atoms with Crippen LogP contribution in [0.15, 0.2) is 18.3 Å². The molecule has 0 aliphatic rings. The van der Waals surface area contributed by atoms with Crippen LogP contribution >= 0.6 is 0 Å². The van der Waals surface area contributed by atoms with Gasteiger partial charge in [0.1, 0.15) is 6.61 Å². The molecule has 2 heterocycles.